The Balaban J connectivity index is 2.23. The third-order valence-electron chi connectivity index (χ3n) is 2.93. The molecule has 0 aliphatic heterocycles. The fourth-order valence-corrected chi connectivity index (χ4v) is 1.89. The average Bonchev–Trinajstić information content (AvgIpc) is 2.41. The number of hydrogen-bond donors (Lipinski definition) is 2. The van der Waals surface area contributed by atoms with Crippen molar-refractivity contribution in [1.29, 1.82) is 0 Å². The second-order valence-electron chi connectivity index (χ2n) is 4.26. The number of nitrogens with two attached hydrogens (primary N) is 1. The number of methoxy groups -OCH3 is 2. The number of hydrogen-bond acceptors (Lipinski definition) is 4. The van der Waals surface area contributed by atoms with E-state index in [0.717, 1.165) is 28.4 Å². The Morgan fingerprint density at radius 1 is 1.00 bits per heavy atom. The summed E-state index contributed by atoms with van der Waals surface area (Å²) in [6.07, 6.45) is 0. The summed E-state index contributed by atoms with van der Waals surface area (Å²) in [5.41, 5.74) is 9.51. The van der Waals surface area contributed by atoms with Gasteiger partial charge in [0.2, 0.25) is 0 Å². The number of nitrogen functional groups attached to an aromatic ring is 1. The number of anilines is 3. The standard InChI is InChI=1S/C15H18N2O2/c1-10-8-11(4-7-15(10)19-3)17-14-6-5-12(18-2)9-13(14)16/h4-9,17H,16H2,1-3H3. The highest BCUT2D eigenvalue weighted by Crippen LogP contribution is 2.29. The molecule has 100 valence electrons. The first-order valence-electron chi connectivity index (χ1n) is 5.99. The topological polar surface area (TPSA) is 56.5 Å². The molecule has 0 saturated carbocycles. The van der Waals surface area contributed by atoms with E-state index in [2.05, 4.69) is 5.32 Å². The van der Waals surface area contributed by atoms with Crippen molar-refractivity contribution >= 4 is 17.1 Å². The fourth-order valence-electron chi connectivity index (χ4n) is 1.89. The van der Waals surface area contributed by atoms with Gasteiger partial charge in [0.1, 0.15) is 11.5 Å². The maximum Gasteiger partial charge on any atom is 0.121 e. The number of benzene rings is 2. The monoisotopic (exact) mass is 258 g/mol. The first-order valence-corrected chi connectivity index (χ1v) is 5.99. The molecule has 19 heavy (non-hydrogen) atoms. The molecule has 0 aliphatic carbocycles. The van der Waals surface area contributed by atoms with Crippen molar-refractivity contribution in [3.05, 3.63) is 42.0 Å². The normalized spacial score (nSPS) is 10.1. The van der Waals surface area contributed by atoms with E-state index in [4.69, 9.17) is 15.2 Å². The molecule has 0 unspecified atom stereocenters. The molecule has 0 bridgehead atoms. The first-order chi connectivity index (χ1) is 9.13. The van der Waals surface area contributed by atoms with E-state index in [1.165, 1.54) is 0 Å². The molecule has 2 aromatic carbocycles. The molecule has 0 fully saturated rings. The molecule has 0 aromatic heterocycles. The maximum absolute atomic E-state index is 5.97. The van der Waals surface area contributed by atoms with Gasteiger partial charge in [0.25, 0.3) is 0 Å². The highest BCUT2D eigenvalue weighted by molar-refractivity contribution is 5.74. The van der Waals surface area contributed by atoms with Gasteiger partial charge in [0.05, 0.1) is 25.6 Å². The SMILES string of the molecule is COc1ccc(Nc2ccc(OC)c(C)c2)c(N)c1. The third kappa shape index (κ3) is 2.91. The van der Waals surface area contributed by atoms with Gasteiger partial charge in [-0.25, -0.2) is 0 Å². The minimum Gasteiger partial charge on any atom is -0.497 e. The van der Waals surface area contributed by atoms with Gasteiger partial charge >= 0.3 is 0 Å². The molecular formula is C15H18N2O2. The predicted octanol–water partition coefficient (Wildman–Crippen LogP) is 3.34. The molecule has 3 N–H and O–H groups in total. The minimum atomic E-state index is 0.646. The highest BCUT2D eigenvalue weighted by Gasteiger charge is 2.04. The summed E-state index contributed by atoms with van der Waals surface area (Å²) < 4.78 is 10.4. The van der Waals surface area contributed by atoms with Gasteiger partial charge in [-0.1, -0.05) is 0 Å². The van der Waals surface area contributed by atoms with Gasteiger partial charge < -0.3 is 20.5 Å². The van der Waals surface area contributed by atoms with Gasteiger partial charge in [0, 0.05) is 11.8 Å². The lowest BCUT2D eigenvalue weighted by Crippen LogP contribution is -1.97. The van der Waals surface area contributed by atoms with Crippen LogP contribution >= 0.6 is 0 Å². The number of aryl methyl sites for hydroxylation is 1. The zero-order valence-corrected chi connectivity index (χ0v) is 11.4. The molecule has 2 aromatic rings. The van der Waals surface area contributed by atoms with E-state index in [9.17, 15) is 0 Å². The van der Waals surface area contributed by atoms with E-state index in [0.29, 0.717) is 5.69 Å². The van der Waals surface area contributed by atoms with Gasteiger partial charge in [-0.15, -0.1) is 0 Å². The molecule has 2 rings (SSSR count). The molecule has 0 atom stereocenters. The van der Waals surface area contributed by atoms with E-state index < -0.39 is 0 Å². The van der Waals surface area contributed by atoms with Gasteiger partial charge in [-0.05, 0) is 42.8 Å². The molecule has 0 radical (unpaired) electrons. The van der Waals surface area contributed by atoms with Crippen LogP contribution in [-0.2, 0) is 0 Å². The molecule has 0 heterocycles. The summed E-state index contributed by atoms with van der Waals surface area (Å²) in [5, 5.41) is 3.28. The first kappa shape index (κ1) is 13.1. The Hall–Kier alpha value is -2.36. The molecule has 0 saturated heterocycles. The molecule has 0 aliphatic rings. The van der Waals surface area contributed by atoms with Crippen LogP contribution in [0.4, 0.5) is 17.1 Å². The fraction of sp³-hybridized carbons (Fsp3) is 0.200. The van der Waals surface area contributed by atoms with Crippen LogP contribution in [0.5, 0.6) is 11.5 Å². The van der Waals surface area contributed by atoms with Crippen LogP contribution in [0, 0.1) is 6.92 Å². The quantitative estimate of drug-likeness (QED) is 0.826. The van der Waals surface area contributed by atoms with E-state index in [-0.39, 0.29) is 0 Å². The summed E-state index contributed by atoms with van der Waals surface area (Å²) >= 11 is 0. The van der Waals surface area contributed by atoms with Crippen molar-refractivity contribution in [2.45, 2.75) is 6.92 Å². The second-order valence-corrected chi connectivity index (χ2v) is 4.26. The highest BCUT2D eigenvalue weighted by atomic mass is 16.5. The predicted molar refractivity (Wildman–Crippen MR) is 78.4 cm³/mol. The lowest BCUT2D eigenvalue weighted by molar-refractivity contribution is 0.412. The van der Waals surface area contributed by atoms with Crippen molar-refractivity contribution < 1.29 is 9.47 Å². The van der Waals surface area contributed by atoms with Crippen LogP contribution < -0.4 is 20.5 Å². The second kappa shape index (κ2) is 5.52. The van der Waals surface area contributed by atoms with Crippen molar-refractivity contribution in [3.8, 4) is 11.5 Å². The summed E-state index contributed by atoms with van der Waals surface area (Å²) in [6.45, 7) is 2.00. The summed E-state index contributed by atoms with van der Waals surface area (Å²) in [6, 6.07) is 11.5. The third-order valence-corrected chi connectivity index (χ3v) is 2.93. The van der Waals surface area contributed by atoms with Crippen LogP contribution in [0.1, 0.15) is 5.56 Å². The van der Waals surface area contributed by atoms with Crippen molar-refractivity contribution in [2.24, 2.45) is 0 Å². The van der Waals surface area contributed by atoms with Crippen LogP contribution in [-0.4, -0.2) is 14.2 Å². The van der Waals surface area contributed by atoms with E-state index >= 15 is 0 Å². The molecule has 0 amide bonds. The molecular weight excluding hydrogens is 240 g/mol. The Bertz CT molecular complexity index is 582. The van der Waals surface area contributed by atoms with Gasteiger partial charge in [0.15, 0.2) is 0 Å². The molecule has 4 heteroatoms. The van der Waals surface area contributed by atoms with Crippen molar-refractivity contribution in [2.75, 3.05) is 25.3 Å². The lowest BCUT2D eigenvalue weighted by atomic mass is 10.2. The smallest absolute Gasteiger partial charge is 0.121 e. The Morgan fingerprint density at radius 2 is 1.79 bits per heavy atom. The lowest BCUT2D eigenvalue weighted by Gasteiger charge is -2.12. The largest absolute Gasteiger partial charge is 0.497 e. The molecule has 0 spiro atoms. The van der Waals surface area contributed by atoms with Gasteiger partial charge in [-0.2, -0.15) is 0 Å². The van der Waals surface area contributed by atoms with Crippen LogP contribution in [0.15, 0.2) is 36.4 Å². The number of ether oxygens (including phenoxy) is 2. The zero-order valence-electron chi connectivity index (χ0n) is 11.4. The van der Waals surface area contributed by atoms with Gasteiger partial charge in [-0.3, -0.25) is 0 Å². The zero-order chi connectivity index (χ0) is 13.8. The summed E-state index contributed by atoms with van der Waals surface area (Å²) in [4.78, 5) is 0. The van der Waals surface area contributed by atoms with Crippen molar-refractivity contribution in [1.82, 2.24) is 0 Å². The van der Waals surface area contributed by atoms with Crippen LogP contribution in [0.2, 0.25) is 0 Å². The van der Waals surface area contributed by atoms with E-state index in [1.54, 1.807) is 20.3 Å². The van der Waals surface area contributed by atoms with Crippen LogP contribution in [0.3, 0.4) is 0 Å². The Labute approximate surface area is 113 Å². The number of nitrogens with one attached hydrogen (secondary N) is 1. The Morgan fingerprint density at radius 3 is 2.37 bits per heavy atom. The van der Waals surface area contributed by atoms with Crippen molar-refractivity contribution in [3.63, 3.8) is 0 Å². The van der Waals surface area contributed by atoms with E-state index in [1.807, 2.05) is 37.3 Å². The molecule has 4 nitrogen and oxygen atoms in total. The minimum absolute atomic E-state index is 0.646. The summed E-state index contributed by atoms with van der Waals surface area (Å²) in [5.74, 6) is 1.61. The van der Waals surface area contributed by atoms with Crippen LogP contribution in [0.25, 0.3) is 0 Å². The Kier molecular flexibility index (Phi) is 3.80. The summed E-state index contributed by atoms with van der Waals surface area (Å²) in [7, 11) is 3.28. The number of rotatable bonds is 4. The maximum atomic E-state index is 5.97. The average molecular weight is 258 g/mol.